The number of benzene rings is 2. The summed E-state index contributed by atoms with van der Waals surface area (Å²) >= 11 is 0. The van der Waals surface area contributed by atoms with Gasteiger partial charge in [0, 0.05) is 43.7 Å². The molecule has 0 spiro atoms. The van der Waals surface area contributed by atoms with Crippen LogP contribution in [0.4, 0.5) is 32.0 Å². The summed E-state index contributed by atoms with van der Waals surface area (Å²) in [4.78, 5) is 40.3. The number of hydrogen-bond acceptors (Lipinski definition) is 8. The van der Waals surface area contributed by atoms with E-state index in [9.17, 15) is 50.8 Å². The van der Waals surface area contributed by atoms with E-state index in [0.29, 0.717) is 18.6 Å². The molecule has 45 heavy (non-hydrogen) atoms. The van der Waals surface area contributed by atoms with Gasteiger partial charge in [0.2, 0.25) is 17.7 Å². The highest BCUT2D eigenvalue weighted by atomic mass is 19.4. The van der Waals surface area contributed by atoms with E-state index < -0.39 is 72.1 Å². The van der Waals surface area contributed by atoms with Crippen LogP contribution in [-0.2, 0) is 33.2 Å². The maximum absolute atomic E-state index is 13.4. The van der Waals surface area contributed by atoms with Gasteiger partial charge in [-0.2, -0.15) is 26.3 Å². The molecule has 1 saturated heterocycles. The van der Waals surface area contributed by atoms with Gasteiger partial charge in [-0.25, -0.2) is 0 Å². The standard InChI is InChI=1S/C27H33BF6N6O5/c29-26(30,31)15-3-1-14(2-4-15)7-22(25(43)38-20-9-16(27(32,33)34)8-17(10-20)28(44)45)39-24(42)21(37)5-6-23(41)40-12-18(35)11-19(36)13-40/h1-4,8-10,18-19,21-22,44-45H,5-7,11-13,35-37H2,(H,38,43)(H,39,42)/t18-,19+,21?,22?. The van der Waals surface area contributed by atoms with Crippen molar-refractivity contribution in [1.29, 1.82) is 0 Å². The maximum Gasteiger partial charge on any atom is 0.488 e. The molecule has 2 unspecified atom stereocenters. The Morgan fingerprint density at radius 1 is 0.911 bits per heavy atom. The van der Waals surface area contributed by atoms with Gasteiger partial charge < -0.3 is 42.8 Å². The largest absolute Gasteiger partial charge is 0.488 e. The highest BCUT2D eigenvalue weighted by molar-refractivity contribution is 6.58. The number of nitrogens with one attached hydrogen (secondary N) is 2. The summed E-state index contributed by atoms with van der Waals surface area (Å²) in [6.07, 6.45) is -9.76. The number of rotatable bonds is 10. The molecule has 3 amide bonds. The third-order valence-corrected chi connectivity index (χ3v) is 7.08. The van der Waals surface area contributed by atoms with Gasteiger partial charge in [-0.15, -0.1) is 0 Å². The molecule has 0 saturated carbocycles. The first-order valence-corrected chi connectivity index (χ1v) is 13.7. The van der Waals surface area contributed by atoms with Crippen molar-refractivity contribution < 1.29 is 50.8 Å². The molecule has 1 heterocycles. The number of nitrogens with zero attached hydrogens (tertiary/aromatic N) is 1. The summed E-state index contributed by atoms with van der Waals surface area (Å²) in [7, 11) is -2.32. The molecule has 2 aromatic carbocycles. The second-order valence-electron chi connectivity index (χ2n) is 10.9. The topological polar surface area (TPSA) is 197 Å². The lowest BCUT2D eigenvalue weighted by Crippen LogP contribution is -2.54. The minimum atomic E-state index is -4.92. The lowest BCUT2D eigenvalue weighted by molar-refractivity contribution is -0.138. The first-order valence-electron chi connectivity index (χ1n) is 13.7. The van der Waals surface area contributed by atoms with E-state index >= 15 is 0 Å². The van der Waals surface area contributed by atoms with Crippen LogP contribution >= 0.6 is 0 Å². The zero-order chi connectivity index (χ0) is 33.7. The van der Waals surface area contributed by atoms with E-state index in [-0.39, 0.29) is 49.5 Å². The van der Waals surface area contributed by atoms with E-state index in [1.165, 1.54) is 4.90 Å². The molecule has 1 fully saturated rings. The Morgan fingerprint density at radius 2 is 1.49 bits per heavy atom. The van der Waals surface area contributed by atoms with Crippen molar-refractivity contribution >= 4 is 36.0 Å². The van der Waals surface area contributed by atoms with E-state index in [1.807, 2.05) is 0 Å². The molecule has 1 aliphatic heterocycles. The van der Waals surface area contributed by atoms with Crippen molar-refractivity contribution in [3.05, 3.63) is 59.2 Å². The van der Waals surface area contributed by atoms with Gasteiger partial charge in [-0.1, -0.05) is 18.2 Å². The fraction of sp³-hybridized carbons (Fsp3) is 0.444. The summed E-state index contributed by atoms with van der Waals surface area (Å²) in [5, 5.41) is 23.4. The number of hydrogen-bond donors (Lipinski definition) is 7. The molecule has 3 rings (SSSR count). The Kier molecular flexibility index (Phi) is 11.6. The van der Waals surface area contributed by atoms with Crippen LogP contribution < -0.4 is 33.3 Å². The molecule has 0 radical (unpaired) electrons. The Morgan fingerprint density at radius 3 is 2.02 bits per heavy atom. The molecule has 2 aromatic rings. The first kappa shape index (κ1) is 35.8. The number of anilines is 1. The zero-order valence-electron chi connectivity index (χ0n) is 23.7. The monoisotopic (exact) mass is 646 g/mol. The summed E-state index contributed by atoms with van der Waals surface area (Å²) < 4.78 is 79.2. The van der Waals surface area contributed by atoms with Gasteiger partial charge in [-0.05, 0) is 48.1 Å². The van der Waals surface area contributed by atoms with E-state index in [4.69, 9.17) is 17.2 Å². The Balaban J connectivity index is 1.78. The highest BCUT2D eigenvalue weighted by Crippen LogP contribution is 2.31. The van der Waals surface area contributed by atoms with Crippen molar-refractivity contribution in [3.8, 4) is 0 Å². The molecule has 18 heteroatoms. The summed E-state index contributed by atoms with van der Waals surface area (Å²) in [5.74, 6) is -2.35. The number of alkyl halides is 6. The average molecular weight is 646 g/mol. The van der Waals surface area contributed by atoms with Crippen LogP contribution in [0.5, 0.6) is 0 Å². The fourth-order valence-corrected chi connectivity index (χ4v) is 4.77. The molecule has 4 atom stereocenters. The number of nitrogens with two attached hydrogens (primary N) is 3. The van der Waals surface area contributed by atoms with Gasteiger partial charge in [0.1, 0.15) is 6.04 Å². The summed E-state index contributed by atoms with van der Waals surface area (Å²) in [5.41, 5.74) is 14.5. The Hall–Kier alpha value is -3.71. The quantitative estimate of drug-likeness (QED) is 0.139. The number of carbonyl (C=O) groups is 3. The molecule has 10 N–H and O–H groups in total. The van der Waals surface area contributed by atoms with Crippen LogP contribution in [0.15, 0.2) is 42.5 Å². The Labute approximate surface area is 254 Å². The van der Waals surface area contributed by atoms with Gasteiger partial charge >= 0.3 is 19.5 Å². The van der Waals surface area contributed by atoms with Crippen LogP contribution in [0.2, 0.25) is 0 Å². The second kappa shape index (κ2) is 14.6. The molecular weight excluding hydrogens is 613 g/mol. The maximum atomic E-state index is 13.4. The van der Waals surface area contributed by atoms with Crippen LogP contribution in [-0.4, -0.2) is 77.0 Å². The minimum Gasteiger partial charge on any atom is -0.423 e. The van der Waals surface area contributed by atoms with E-state index in [2.05, 4.69) is 10.6 Å². The van der Waals surface area contributed by atoms with Gasteiger partial charge in [0.15, 0.2) is 0 Å². The first-order chi connectivity index (χ1) is 20.8. The molecular formula is C27H33BF6N6O5. The summed E-state index contributed by atoms with van der Waals surface area (Å²) in [6.45, 7) is 0.543. The van der Waals surface area contributed by atoms with E-state index in [0.717, 1.165) is 30.3 Å². The SMILES string of the molecule is NC(CCC(=O)N1C[C@H](N)C[C@H](N)C1)C(=O)NC(Cc1ccc(C(F)(F)F)cc1)C(=O)Nc1cc(B(O)O)cc(C(F)(F)F)c1. The zero-order valence-corrected chi connectivity index (χ0v) is 23.7. The van der Waals surface area contributed by atoms with Crippen molar-refractivity contribution in [2.24, 2.45) is 17.2 Å². The lowest BCUT2D eigenvalue weighted by Gasteiger charge is -2.34. The molecule has 11 nitrogen and oxygen atoms in total. The lowest BCUT2D eigenvalue weighted by atomic mass is 9.79. The van der Waals surface area contributed by atoms with E-state index in [1.54, 1.807) is 0 Å². The molecule has 0 bridgehead atoms. The van der Waals surface area contributed by atoms with Crippen molar-refractivity contribution in [2.75, 3.05) is 18.4 Å². The number of likely N-dealkylation sites (tertiary alicyclic amines) is 1. The molecule has 0 aliphatic carbocycles. The Bertz CT molecular complexity index is 1350. The van der Waals surface area contributed by atoms with Crippen molar-refractivity contribution in [1.82, 2.24) is 10.2 Å². The number of carbonyl (C=O) groups excluding carboxylic acids is 3. The molecule has 246 valence electrons. The molecule has 0 aromatic heterocycles. The summed E-state index contributed by atoms with van der Waals surface area (Å²) in [6, 6.07) is 1.97. The van der Waals surface area contributed by atoms with Crippen molar-refractivity contribution in [2.45, 2.75) is 62.2 Å². The number of halogens is 6. The third-order valence-electron chi connectivity index (χ3n) is 7.08. The van der Waals surface area contributed by atoms with Gasteiger partial charge in [0.05, 0.1) is 17.2 Å². The van der Waals surface area contributed by atoms with Crippen LogP contribution in [0.25, 0.3) is 0 Å². The fourth-order valence-electron chi connectivity index (χ4n) is 4.77. The third kappa shape index (κ3) is 10.4. The van der Waals surface area contributed by atoms with Gasteiger partial charge in [0.25, 0.3) is 0 Å². The van der Waals surface area contributed by atoms with Crippen LogP contribution in [0.3, 0.4) is 0 Å². The van der Waals surface area contributed by atoms with Gasteiger partial charge in [-0.3, -0.25) is 14.4 Å². The number of amides is 3. The van der Waals surface area contributed by atoms with Crippen molar-refractivity contribution in [3.63, 3.8) is 0 Å². The molecule has 1 aliphatic rings. The smallest absolute Gasteiger partial charge is 0.423 e. The number of piperidine rings is 1. The average Bonchev–Trinajstić information content (AvgIpc) is 2.93. The van der Waals surface area contributed by atoms with Crippen LogP contribution in [0, 0.1) is 0 Å². The predicted octanol–water partition coefficient (Wildman–Crippen LogP) is 0.0644. The highest BCUT2D eigenvalue weighted by Gasteiger charge is 2.34. The van der Waals surface area contributed by atoms with Crippen LogP contribution in [0.1, 0.15) is 36.0 Å². The normalized spacial score (nSPS) is 18.6. The minimum absolute atomic E-state index is 0.153. The second-order valence-corrected chi connectivity index (χ2v) is 10.9. The predicted molar refractivity (Wildman–Crippen MR) is 151 cm³/mol.